The van der Waals surface area contributed by atoms with Crippen LogP contribution in [0.4, 0.5) is 0 Å². The second kappa shape index (κ2) is 15.3. The highest BCUT2D eigenvalue weighted by Gasteiger charge is 2.49. The predicted octanol–water partition coefficient (Wildman–Crippen LogP) is 2.60. The maximum Gasteiger partial charge on any atom is 0.326 e. The van der Waals surface area contributed by atoms with Gasteiger partial charge < -0.3 is 35.7 Å². The molecular weight excluding hydrogens is 701 g/mol. The first-order chi connectivity index (χ1) is 24.4. The number of nitrogens with zero attached hydrogens (tertiary/aromatic N) is 3. The minimum Gasteiger partial charge on any atom is -0.480 e. The van der Waals surface area contributed by atoms with Crippen molar-refractivity contribution in [3.8, 4) is 0 Å². The number of rotatable bonds is 6. The first kappa shape index (κ1) is 36.1. The number of fused-ring (bicyclic) bond motifs is 2. The van der Waals surface area contributed by atoms with Crippen LogP contribution < -0.4 is 21.3 Å². The molecule has 270 valence electrons. The van der Waals surface area contributed by atoms with E-state index < -0.39 is 53.3 Å². The molecule has 6 rings (SSSR count). The van der Waals surface area contributed by atoms with Gasteiger partial charge >= 0.3 is 5.97 Å². The lowest BCUT2D eigenvalue weighted by atomic mass is 9.63. The summed E-state index contributed by atoms with van der Waals surface area (Å²) in [5.41, 5.74) is 0.561. The summed E-state index contributed by atoms with van der Waals surface area (Å²) >= 11 is 12.2. The molecule has 0 unspecified atom stereocenters. The van der Waals surface area contributed by atoms with Crippen molar-refractivity contribution in [1.82, 2.24) is 35.6 Å². The average Bonchev–Trinajstić information content (AvgIpc) is 3.69. The first-order valence-electron chi connectivity index (χ1n) is 17.1. The van der Waals surface area contributed by atoms with Gasteiger partial charge in [-0.15, -0.1) is 0 Å². The van der Waals surface area contributed by atoms with Gasteiger partial charge in [-0.25, -0.2) is 9.78 Å². The zero-order valence-corrected chi connectivity index (χ0v) is 29.2. The fraction of sp³-hybridized carbons (Fsp3) is 0.457. The molecule has 1 aromatic carbocycles. The van der Waals surface area contributed by atoms with Crippen LogP contribution in [0, 0.1) is 0 Å². The number of aliphatic carboxylic acids is 1. The molecule has 0 radical (unpaired) electrons. The number of carboxylic acids is 1. The van der Waals surface area contributed by atoms with Crippen molar-refractivity contribution in [2.75, 3.05) is 13.1 Å². The van der Waals surface area contributed by atoms with Gasteiger partial charge in [-0.1, -0.05) is 41.8 Å². The maximum absolute atomic E-state index is 14.4. The van der Waals surface area contributed by atoms with E-state index in [1.54, 1.807) is 34.9 Å². The van der Waals surface area contributed by atoms with E-state index in [4.69, 9.17) is 23.2 Å². The third kappa shape index (κ3) is 7.96. The topological polar surface area (TPSA) is 191 Å². The minimum atomic E-state index is -1.39. The molecule has 0 bridgehead atoms. The van der Waals surface area contributed by atoms with Crippen molar-refractivity contribution in [2.45, 2.75) is 87.4 Å². The van der Waals surface area contributed by atoms with Crippen LogP contribution in [-0.4, -0.2) is 92.2 Å². The number of hydrogen-bond donors (Lipinski definition) is 5. The fourth-order valence-corrected chi connectivity index (χ4v) is 7.35. The lowest BCUT2D eigenvalue weighted by molar-refractivity contribution is -0.144. The third-order valence-corrected chi connectivity index (χ3v) is 10.5. The Kier molecular flexibility index (Phi) is 10.8. The minimum absolute atomic E-state index is 0.0146. The highest BCUT2D eigenvalue weighted by atomic mass is 35.5. The largest absolute Gasteiger partial charge is 0.480 e. The molecule has 3 aliphatic rings. The Labute approximate surface area is 303 Å². The Morgan fingerprint density at radius 1 is 0.922 bits per heavy atom. The van der Waals surface area contributed by atoms with Crippen molar-refractivity contribution >= 4 is 64.4 Å². The van der Waals surface area contributed by atoms with Crippen LogP contribution in [0.2, 0.25) is 10.0 Å². The Balaban J connectivity index is 1.27. The van der Waals surface area contributed by atoms with Crippen molar-refractivity contribution in [2.24, 2.45) is 0 Å². The molecule has 0 spiro atoms. The van der Waals surface area contributed by atoms with Crippen LogP contribution in [0.1, 0.15) is 73.8 Å². The van der Waals surface area contributed by atoms with E-state index >= 15 is 0 Å². The zero-order chi connectivity index (χ0) is 36.3. The van der Waals surface area contributed by atoms with Gasteiger partial charge in [-0.2, -0.15) is 0 Å². The van der Waals surface area contributed by atoms with Gasteiger partial charge in [0.05, 0.1) is 10.4 Å². The van der Waals surface area contributed by atoms with Crippen molar-refractivity contribution in [3.05, 3.63) is 70.1 Å². The summed E-state index contributed by atoms with van der Waals surface area (Å²) in [4.78, 5) is 85.8. The van der Waals surface area contributed by atoms with Crippen LogP contribution in [0.25, 0.3) is 5.65 Å². The molecule has 4 atom stereocenters. The van der Waals surface area contributed by atoms with Crippen LogP contribution in [0.15, 0.2) is 48.8 Å². The third-order valence-electron chi connectivity index (χ3n) is 10.0. The monoisotopic (exact) mass is 739 g/mol. The number of imidazole rings is 1. The highest BCUT2D eigenvalue weighted by Crippen LogP contribution is 2.44. The Hall–Kier alpha value is -4.69. The van der Waals surface area contributed by atoms with E-state index in [1.165, 1.54) is 11.1 Å². The van der Waals surface area contributed by atoms with E-state index in [0.29, 0.717) is 41.4 Å². The van der Waals surface area contributed by atoms with Crippen LogP contribution >= 0.6 is 23.2 Å². The lowest BCUT2D eigenvalue weighted by Gasteiger charge is -2.41. The van der Waals surface area contributed by atoms with Gasteiger partial charge in [0.15, 0.2) is 0 Å². The number of nitrogens with one attached hydrogen (secondary N) is 4. The molecule has 3 aromatic rings. The molecule has 1 saturated carbocycles. The molecule has 51 heavy (non-hydrogen) atoms. The van der Waals surface area contributed by atoms with E-state index in [0.717, 1.165) is 12.0 Å². The van der Waals surface area contributed by atoms with E-state index in [1.807, 2.05) is 12.1 Å². The number of halogens is 2. The normalized spacial score (nSPS) is 24.3. The van der Waals surface area contributed by atoms with Gasteiger partial charge in [0.1, 0.15) is 29.5 Å². The van der Waals surface area contributed by atoms with E-state index in [-0.39, 0.29) is 56.3 Å². The Bertz CT molecular complexity index is 1850. The van der Waals surface area contributed by atoms with Crippen LogP contribution in [0.3, 0.4) is 0 Å². The van der Waals surface area contributed by atoms with Gasteiger partial charge in [0.2, 0.25) is 23.6 Å². The van der Waals surface area contributed by atoms with Gasteiger partial charge in [-0.3, -0.25) is 24.0 Å². The number of carbonyl (C=O) groups is 6. The second-order valence-electron chi connectivity index (χ2n) is 13.4. The fourth-order valence-electron chi connectivity index (χ4n) is 7.06. The number of benzene rings is 1. The van der Waals surface area contributed by atoms with Gasteiger partial charge in [0, 0.05) is 43.0 Å². The Morgan fingerprint density at radius 2 is 1.67 bits per heavy atom. The van der Waals surface area contributed by atoms with Crippen molar-refractivity contribution < 1.29 is 33.9 Å². The molecule has 5 N–H and O–H groups in total. The standard InChI is InChI=1S/C35H39Cl2N7O7/c36-21-7-5-20(6-8-21)35(13-3-14-35)34(51)39-23-16-27-31(47)42-25(33(49)50)10-12-29(45)38-15-2-1-4-24(32(48)44(27)18-23)41-30(46)26-19-43-17-22(37)9-11-28(43)40-26/h5-9,11,17,19,23-25,27H,1-4,10,12-16,18H2,(H,38,45)(H,39,51)(H,41,46)(H,42,47)(H,49,50)/t23-,24+,25+,27+/m1/s1. The lowest BCUT2D eigenvalue weighted by Crippen LogP contribution is -2.55. The summed E-state index contributed by atoms with van der Waals surface area (Å²) in [5, 5.41) is 22.0. The van der Waals surface area contributed by atoms with Gasteiger partial charge in [0.25, 0.3) is 5.91 Å². The molecule has 14 nitrogen and oxygen atoms in total. The quantitative estimate of drug-likeness (QED) is 0.255. The highest BCUT2D eigenvalue weighted by molar-refractivity contribution is 6.30. The number of amides is 5. The summed E-state index contributed by atoms with van der Waals surface area (Å²) < 4.78 is 1.59. The molecule has 4 heterocycles. The summed E-state index contributed by atoms with van der Waals surface area (Å²) in [7, 11) is 0. The predicted molar refractivity (Wildman–Crippen MR) is 186 cm³/mol. The molecule has 16 heteroatoms. The second-order valence-corrected chi connectivity index (χ2v) is 14.3. The number of carbonyl (C=O) groups excluding carboxylic acids is 5. The average molecular weight is 741 g/mol. The van der Waals surface area contributed by atoms with E-state index in [2.05, 4.69) is 26.3 Å². The Morgan fingerprint density at radius 3 is 2.37 bits per heavy atom. The molecule has 3 fully saturated rings. The van der Waals surface area contributed by atoms with E-state index in [9.17, 15) is 33.9 Å². The van der Waals surface area contributed by atoms with Crippen molar-refractivity contribution in [3.63, 3.8) is 0 Å². The number of hydrogen-bond acceptors (Lipinski definition) is 7. The number of pyridine rings is 1. The summed E-state index contributed by atoms with van der Waals surface area (Å²) in [6, 6.07) is 6.12. The number of aromatic nitrogens is 2. The van der Waals surface area contributed by atoms with Crippen LogP contribution in [-0.2, 0) is 29.4 Å². The molecular formula is C35H39Cl2N7O7. The summed E-state index contributed by atoms with van der Waals surface area (Å²) in [6.45, 7) is 0.233. The smallest absolute Gasteiger partial charge is 0.326 e. The maximum atomic E-state index is 14.4. The van der Waals surface area contributed by atoms with Crippen molar-refractivity contribution in [1.29, 1.82) is 0 Å². The number of carboxylic acid groups (broad SMARTS) is 1. The van der Waals surface area contributed by atoms with Crippen LogP contribution in [0.5, 0.6) is 0 Å². The molecule has 2 saturated heterocycles. The SMILES string of the molecule is O=C1CC[C@@H](C(=O)O)NC(=O)[C@@H]2C[C@@H](NC(=O)C3(c4ccc(Cl)cc4)CCC3)CN2C(=O)[C@@H](NC(=O)c2cn3cc(Cl)ccc3n2)CCCCN1. The molecule has 2 aromatic heterocycles. The summed E-state index contributed by atoms with van der Waals surface area (Å²) in [5.74, 6) is -3.84. The molecule has 1 aliphatic carbocycles. The van der Waals surface area contributed by atoms with Gasteiger partial charge in [-0.05, 0) is 74.8 Å². The molecule has 2 aliphatic heterocycles. The molecule has 5 amide bonds. The summed E-state index contributed by atoms with van der Waals surface area (Å²) in [6.07, 6.45) is 6.01. The first-order valence-corrected chi connectivity index (χ1v) is 17.8. The zero-order valence-electron chi connectivity index (χ0n) is 27.7.